The first kappa shape index (κ1) is 15.5. The zero-order valence-corrected chi connectivity index (χ0v) is 14.1. The number of hydrogen-bond acceptors (Lipinski definition) is 3. The molecule has 1 heterocycles. The molecule has 0 aliphatic rings. The van der Waals surface area contributed by atoms with Crippen LogP contribution < -0.4 is 0 Å². The fraction of sp³-hybridized carbons (Fsp3) is 0. The Hall–Kier alpha value is -3.04. The van der Waals surface area contributed by atoms with Gasteiger partial charge >= 0.3 is 0 Å². The third kappa shape index (κ3) is 3.42. The first-order valence-corrected chi connectivity index (χ1v) is 8.30. The van der Waals surface area contributed by atoms with Crippen molar-refractivity contribution in [2.75, 3.05) is 0 Å². The van der Waals surface area contributed by atoms with Crippen molar-refractivity contribution in [3.8, 4) is 33.9 Å². The Labute approximate surface area is 151 Å². The zero-order chi connectivity index (χ0) is 17.1. The van der Waals surface area contributed by atoms with Gasteiger partial charge in [-0.2, -0.15) is 9.97 Å². The molecule has 1 aromatic heterocycles. The van der Waals surface area contributed by atoms with Crippen molar-refractivity contribution in [1.82, 2.24) is 15.0 Å². The van der Waals surface area contributed by atoms with Crippen molar-refractivity contribution in [3.63, 3.8) is 0 Å². The molecular weight excluding hydrogens is 330 g/mol. The second kappa shape index (κ2) is 6.83. The van der Waals surface area contributed by atoms with Gasteiger partial charge in [0.15, 0.2) is 11.6 Å². The van der Waals surface area contributed by atoms with Gasteiger partial charge in [0.1, 0.15) is 0 Å². The van der Waals surface area contributed by atoms with E-state index in [1.54, 1.807) is 0 Å². The summed E-state index contributed by atoms with van der Waals surface area (Å²) in [6.07, 6.45) is 0. The molecule has 0 N–H and O–H groups in total. The Morgan fingerprint density at radius 2 is 1.00 bits per heavy atom. The van der Waals surface area contributed by atoms with E-state index in [0.29, 0.717) is 11.6 Å². The van der Waals surface area contributed by atoms with E-state index >= 15 is 0 Å². The van der Waals surface area contributed by atoms with Gasteiger partial charge in [0.2, 0.25) is 5.28 Å². The minimum atomic E-state index is 0.189. The molecule has 0 amide bonds. The number of rotatable bonds is 3. The van der Waals surface area contributed by atoms with Gasteiger partial charge in [-0.3, -0.25) is 0 Å². The van der Waals surface area contributed by atoms with E-state index in [4.69, 9.17) is 11.6 Å². The van der Waals surface area contributed by atoms with Crippen molar-refractivity contribution >= 4 is 11.6 Å². The SMILES string of the molecule is Clc1nc(-c2ccccc2)nc(-c2cccc(-c3ccccc3)c2)n1. The second-order valence-corrected chi connectivity index (χ2v) is 5.90. The lowest BCUT2D eigenvalue weighted by atomic mass is 10.0. The Bertz CT molecular complexity index is 1000. The maximum atomic E-state index is 6.14. The van der Waals surface area contributed by atoms with Crippen LogP contribution in [-0.4, -0.2) is 15.0 Å². The molecule has 0 bridgehead atoms. The van der Waals surface area contributed by atoms with E-state index in [1.807, 2.05) is 60.7 Å². The van der Waals surface area contributed by atoms with E-state index in [-0.39, 0.29) is 5.28 Å². The fourth-order valence-electron chi connectivity index (χ4n) is 2.66. The topological polar surface area (TPSA) is 38.7 Å². The molecule has 0 radical (unpaired) electrons. The largest absolute Gasteiger partial charge is 0.226 e. The molecular formula is C21H14ClN3. The van der Waals surface area contributed by atoms with Gasteiger partial charge in [-0.1, -0.05) is 78.9 Å². The summed E-state index contributed by atoms with van der Waals surface area (Å²) in [5, 5.41) is 0.189. The summed E-state index contributed by atoms with van der Waals surface area (Å²) in [5.41, 5.74) is 4.07. The predicted molar refractivity (Wildman–Crippen MR) is 101 cm³/mol. The number of halogens is 1. The van der Waals surface area contributed by atoms with Crippen LogP contribution in [0.25, 0.3) is 33.9 Å². The molecule has 0 atom stereocenters. The van der Waals surface area contributed by atoms with E-state index in [9.17, 15) is 0 Å². The third-order valence-electron chi connectivity index (χ3n) is 3.87. The summed E-state index contributed by atoms with van der Waals surface area (Å²) in [4.78, 5) is 13.2. The van der Waals surface area contributed by atoms with Crippen molar-refractivity contribution in [1.29, 1.82) is 0 Å². The molecule has 3 nitrogen and oxygen atoms in total. The highest BCUT2D eigenvalue weighted by Gasteiger charge is 2.10. The molecule has 0 aliphatic carbocycles. The minimum absolute atomic E-state index is 0.189. The number of aromatic nitrogens is 3. The summed E-state index contributed by atoms with van der Waals surface area (Å²) >= 11 is 6.14. The molecule has 3 aromatic carbocycles. The molecule has 0 saturated heterocycles. The summed E-state index contributed by atoms with van der Waals surface area (Å²) in [6, 6.07) is 28.1. The fourth-order valence-corrected chi connectivity index (χ4v) is 2.82. The lowest BCUT2D eigenvalue weighted by Gasteiger charge is -2.07. The Morgan fingerprint density at radius 1 is 0.480 bits per heavy atom. The normalized spacial score (nSPS) is 10.6. The standard InChI is InChI=1S/C21H14ClN3/c22-21-24-19(16-10-5-2-6-11-16)23-20(25-21)18-13-7-12-17(14-18)15-8-3-1-4-9-15/h1-14H. The zero-order valence-electron chi connectivity index (χ0n) is 13.3. The average molecular weight is 344 g/mol. The molecule has 4 aromatic rings. The maximum Gasteiger partial charge on any atom is 0.226 e. The summed E-state index contributed by atoms with van der Waals surface area (Å²) in [7, 11) is 0. The van der Waals surface area contributed by atoms with Crippen LogP contribution in [-0.2, 0) is 0 Å². The molecule has 0 saturated carbocycles. The third-order valence-corrected chi connectivity index (χ3v) is 4.04. The lowest BCUT2D eigenvalue weighted by molar-refractivity contribution is 1.07. The van der Waals surface area contributed by atoms with E-state index < -0.39 is 0 Å². The van der Waals surface area contributed by atoms with Gasteiger partial charge < -0.3 is 0 Å². The summed E-state index contributed by atoms with van der Waals surface area (Å²) in [6.45, 7) is 0. The average Bonchev–Trinajstić information content (AvgIpc) is 2.69. The summed E-state index contributed by atoms with van der Waals surface area (Å²) < 4.78 is 0. The van der Waals surface area contributed by atoms with Gasteiger partial charge in [0, 0.05) is 11.1 Å². The molecule has 0 spiro atoms. The van der Waals surface area contributed by atoms with Gasteiger partial charge in [-0.15, -0.1) is 0 Å². The van der Waals surface area contributed by atoms with Crippen molar-refractivity contribution < 1.29 is 0 Å². The van der Waals surface area contributed by atoms with Gasteiger partial charge in [-0.25, -0.2) is 4.98 Å². The molecule has 0 aliphatic heterocycles. The molecule has 25 heavy (non-hydrogen) atoms. The monoisotopic (exact) mass is 343 g/mol. The van der Waals surface area contributed by atoms with E-state index in [0.717, 1.165) is 22.3 Å². The highest BCUT2D eigenvalue weighted by atomic mass is 35.5. The first-order chi connectivity index (χ1) is 12.3. The highest BCUT2D eigenvalue weighted by Crippen LogP contribution is 2.26. The van der Waals surface area contributed by atoms with Crippen LogP contribution in [0.15, 0.2) is 84.9 Å². The van der Waals surface area contributed by atoms with Crippen molar-refractivity contribution in [2.45, 2.75) is 0 Å². The molecule has 0 fully saturated rings. The van der Waals surface area contributed by atoms with Crippen LogP contribution in [0.4, 0.5) is 0 Å². The number of nitrogens with zero attached hydrogens (tertiary/aromatic N) is 3. The van der Waals surface area contributed by atoms with Crippen LogP contribution in [0.1, 0.15) is 0 Å². The van der Waals surface area contributed by atoms with Crippen LogP contribution in [0.2, 0.25) is 5.28 Å². The Morgan fingerprint density at radius 3 is 1.68 bits per heavy atom. The highest BCUT2D eigenvalue weighted by molar-refractivity contribution is 6.28. The van der Waals surface area contributed by atoms with Gasteiger partial charge in [0.25, 0.3) is 0 Å². The quantitative estimate of drug-likeness (QED) is 0.491. The van der Waals surface area contributed by atoms with Crippen LogP contribution in [0.5, 0.6) is 0 Å². The van der Waals surface area contributed by atoms with Crippen molar-refractivity contribution in [2.24, 2.45) is 0 Å². The van der Waals surface area contributed by atoms with Crippen LogP contribution in [0.3, 0.4) is 0 Å². The predicted octanol–water partition coefficient (Wildman–Crippen LogP) is 5.53. The Kier molecular flexibility index (Phi) is 4.23. The minimum Gasteiger partial charge on any atom is -0.208 e. The molecule has 120 valence electrons. The van der Waals surface area contributed by atoms with E-state index in [2.05, 4.69) is 39.2 Å². The maximum absolute atomic E-state index is 6.14. The van der Waals surface area contributed by atoms with Gasteiger partial charge in [0.05, 0.1) is 0 Å². The second-order valence-electron chi connectivity index (χ2n) is 5.56. The first-order valence-electron chi connectivity index (χ1n) is 7.92. The number of benzene rings is 3. The lowest BCUT2D eigenvalue weighted by Crippen LogP contribution is -1.97. The van der Waals surface area contributed by atoms with Crippen molar-refractivity contribution in [3.05, 3.63) is 90.2 Å². The number of hydrogen-bond donors (Lipinski definition) is 0. The smallest absolute Gasteiger partial charge is 0.208 e. The van der Waals surface area contributed by atoms with Crippen LogP contribution >= 0.6 is 11.6 Å². The molecule has 0 unspecified atom stereocenters. The van der Waals surface area contributed by atoms with Crippen LogP contribution in [0, 0.1) is 0 Å². The summed E-state index contributed by atoms with van der Waals surface area (Å²) in [5.74, 6) is 1.14. The Balaban J connectivity index is 1.79. The van der Waals surface area contributed by atoms with Gasteiger partial charge in [-0.05, 0) is 28.8 Å². The molecule has 4 rings (SSSR count). The molecule has 4 heteroatoms. The van der Waals surface area contributed by atoms with E-state index in [1.165, 1.54) is 0 Å².